The second-order valence-corrected chi connectivity index (χ2v) is 6.39. The summed E-state index contributed by atoms with van der Waals surface area (Å²) >= 11 is 3.21. The Morgan fingerprint density at radius 2 is 2.11 bits per heavy atom. The highest BCUT2D eigenvalue weighted by Gasteiger charge is 2.21. The molecule has 0 aliphatic carbocycles. The minimum Gasteiger partial charge on any atom is -0.381 e. The van der Waals surface area contributed by atoms with Crippen LogP contribution in [0.1, 0.15) is 5.69 Å². The number of nitrogen functional groups attached to an aromatic ring is 1. The summed E-state index contributed by atoms with van der Waals surface area (Å²) in [5.74, 6) is -0.0438. The van der Waals surface area contributed by atoms with Gasteiger partial charge in [0.15, 0.2) is 5.82 Å². The van der Waals surface area contributed by atoms with E-state index in [0.717, 1.165) is 0 Å². The van der Waals surface area contributed by atoms with Crippen molar-refractivity contribution < 1.29 is 8.42 Å². The van der Waals surface area contributed by atoms with Crippen molar-refractivity contribution in [1.82, 2.24) is 14.8 Å². The van der Waals surface area contributed by atoms with Crippen LogP contribution in [-0.2, 0) is 17.1 Å². The highest BCUT2D eigenvalue weighted by Crippen LogP contribution is 2.22. The summed E-state index contributed by atoms with van der Waals surface area (Å²) in [5.41, 5.74) is 6.52. The van der Waals surface area contributed by atoms with Crippen molar-refractivity contribution in [2.45, 2.75) is 11.8 Å². The maximum atomic E-state index is 12.2. The summed E-state index contributed by atoms with van der Waals surface area (Å²) in [6.07, 6.45) is 1.35. The number of nitrogens with zero attached hydrogens (tertiary/aromatic N) is 3. The van der Waals surface area contributed by atoms with Gasteiger partial charge in [0, 0.05) is 13.2 Å². The number of anilines is 2. The molecule has 0 aliphatic rings. The van der Waals surface area contributed by atoms with Crippen molar-refractivity contribution in [3.63, 3.8) is 0 Å². The monoisotopic (exact) mass is 345 g/mol. The summed E-state index contributed by atoms with van der Waals surface area (Å²) in [7, 11) is -2.17. The predicted octanol–water partition coefficient (Wildman–Crippen LogP) is 1.27. The SMILES string of the molecule is Cc1nc(Br)ccc1NS(=O)(=O)c1cn(C)nc1N. The molecule has 0 saturated carbocycles. The molecule has 0 spiro atoms. The Balaban J connectivity index is 2.39. The number of sulfonamides is 1. The number of hydrogen-bond donors (Lipinski definition) is 2. The van der Waals surface area contributed by atoms with Crippen molar-refractivity contribution in [3.8, 4) is 0 Å². The molecule has 19 heavy (non-hydrogen) atoms. The quantitative estimate of drug-likeness (QED) is 0.815. The van der Waals surface area contributed by atoms with Crippen molar-refractivity contribution in [2.75, 3.05) is 10.5 Å². The molecule has 2 rings (SSSR count). The third-order valence-electron chi connectivity index (χ3n) is 2.41. The van der Waals surface area contributed by atoms with Gasteiger partial charge in [-0.05, 0) is 35.0 Å². The molecule has 0 saturated heterocycles. The number of nitrogens with two attached hydrogens (primary N) is 1. The highest BCUT2D eigenvalue weighted by atomic mass is 79.9. The molecular weight excluding hydrogens is 334 g/mol. The summed E-state index contributed by atoms with van der Waals surface area (Å²) in [5, 5.41) is 3.81. The van der Waals surface area contributed by atoms with Gasteiger partial charge in [-0.1, -0.05) is 0 Å². The predicted molar refractivity (Wildman–Crippen MR) is 75.1 cm³/mol. The van der Waals surface area contributed by atoms with Gasteiger partial charge in [0.25, 0.3) is 10.0 Å². The van der Waals surface area contributed by atoms with E-state index in [0.29, 0.717) is 16.0 Å². The first-order valence-corrected chi connectivity index (χ1v) is 7.52. The lowest BCUT2D eigenvalue weighted by Crippen LogP contribution is -2.15. The molecule has 3 N–H and O–H groups in total. The molecule has 2 heterocycles. The molecule has 102 valence electrons. The van der Waals surface area contributed by atoms with Gasteiger partial charge in [-0.2, -0.15) is 5.10 Å². The molecule has 9 heteroatoms. The molecule has 0 bridgehead atoms. The van der Waals surface area contributed by atoms with Gasteiger partial charge in [-0.25, -0.2) is 13.4 Å². The lowest BCUT2D eigenvalue weighted by molar-refractivity contribution is 0.601. The first-order valence-electron chi connectivity index (χ1n) is 5.24. The van der Waals surface area contributed by atoms with E-state index in [1.165, 1.54) is 10.9 Å². The molecule has 0 unspecified atom stereocenters. The first kappa shape index (κ1) is 13.8. The molecule has 0 aliphatic heterocycles. The molecule has 0 radical (unpaired) electrons. The largest absolute Gasteiger partial charge is 0.381 e. The molecule has 0 atom stereocenters. The Kier molecular flexibility index (Phi) is 3.50. The van der Waals surface area contributed by atoms with Crippen LogP contribution in [0.4, 0.5) is 11.5 Å². The number of hydrogen-bond acceptors (Lipinski definition) is 5. The first-order chi connectivity index (χ1) is 8.79. The maximum absolute atomic E-state index is 12.2. The smallest absolute Gasteiger partial charge is 0.267 e. The Hall–Kier alpha value is -1.61. The van der Waals surface area contributed by atoms with Gasteiger partial charge >= 0.3 is 0 Å². The van der Waals surface area contributed by atoms with E-state index in [2.05, 4.69) is 30.7 Å². The van der Waals surface area contributed by atoms with E-state index in [4.69, 9.17) is 5.73 Å². The molecule has 7 nitrogen and oxygen atoms in total. The fourth-order valence-electron chi connectivity index (χ4n) is 1.53. The van der Waals surface area contributed by atoms with Crippen LogP contribution in [0.25, 0.3) is 0 Å². The van der Waals surface area contributed by atoms with Gasteiger partial charge in [0.05, 0.1) is 11.4 Å². The Labute approximate surface area is 119 Å². The van der Waals surface area contributed by atoms with Gasteiger partial charge in [0.1, 0.15) is 9.50 Å². The number of halogens is 1. The van der Waals surface area contributed by atoms with Crippen LogP contribution in [-0.4, -0.2) is 23.2 Å². The maximum Gasteiger partial charge on any atom is 0.267 e. The second-order valence-electron chi connectivity index (χ2n) is 3.92. The normalized spacial score (nSPS) is 11.5. The minimum absolute atomic E-state index is 0.0438. The van der Waals surface area contributed by atoms with Crippen LogP contribution in [0, 0.1) is 6.92 Å². The lowest BCUT2D eigenvalue weighted by atomic mass is 10.3. The van der Waals surface area contributed by atoms with Crippen molar-refractivity contribution in [2.24, 2.45) is 7.05 Å². The molecule has 0 fully saturated rings. The van der Waals surface area contributed by atoms with E-state index in [-0.39, 0.29) is 10.7 Å². The summed E-state index contributed by atoms with van der Waals surface area (Å²) < 4.78 is 28.8. The average Bonchev–Trinajstić information content (AvgIpc) is 2.63. The number of nitrogens with one attached hydrogen (secondary N) is 1. The van der Waals surface area contributed by atoms with E-state index in [1.807, 2.05) is 0 Å². The van der Waals surface area contributed by atoms with Crippen molar-refractivity contribution in [3.05, 3.63) is 28.6 Å². The Morgan fingerprint density at radius 1 is 1.42 bits per heavy atom. The van der Waals surface area contributed by atoms with Crippen LogP contribution in [0.5, 0.6) is 0 Å². The standard InChI is InChI=1S/C10H12BrN5O2S/c1-6-7(3-4-9(11)13-6)15-19(17,18)8-5-16(2)14-10(8)12/h3-5,15H,1-2H3,(H2,12,14). The van der Waals surface area contributed by atoms with Gasteiger partial charge < -0.3 is 5.73 Å². The van der Waals surface area contributed by atoms with E-state index in [9.17, 15) is 8.42 Å². The number of pyridine rings is 1. The van der Waals surface area contributed by atoms with Crippen LogP contribution in [0.2, 0.25) is 0 Å². The van der Waals surface area contributed by atoms with Gasteiger partial charge in [0.2, 0.25) is 0 Å². The van der Waals surface area contributed by atoms with Gasteiger partial charge in [-0.3, -0.25) is 9.40 Å². The zero-order valence-electron chi connectivity index (χ0n) is 10.3. The van der Waals surface area contributed by atoms with Gasteiger partial charge in [-0.15, -0.1) is 0 Å². The average molecular weight is 346 g/mol. The number of aromatic nitrogens is 3. The fraction of sp³-hybridized carbons (Fsp3) is 0.200. The number of aryl methyl sites for hydroxylation is 2. The van der Waals surface area contributed by atoms with E-state index in [1.54, 1.807) is 26.1 Å². The summed E-state index contributed by atoms with van der Waals surface area (Å²) in [6, 6.07) is 3.27. The van der Waals surface area contributed by atoms with Crippen molar-refractivity contribution in [1.29, 1.82) is 0 Å². The summed E-state index contributed by atoms with van der Waals surface area (Å²) in [4.78, 5) is 4.06. The molecule has 0 aromatic carbocycles. The van der Waals surface area contributed by atoms with E-state index >= 15 is 0 Å². The van der Waals surface area contributed by atoms with Crippen LogP contribution >= 0.6 is 15.9 Å². The molecule has 2 aromatic heterocycles. The fourth-order valence-corrected chi connectivity index (χ4v) is 3.15. The van der Waals surface area contributed by atoms with Crippen LogP contribution < -0.4 is 10.5 Å². The third kappa shape index (κ3) is 2.87. The molecule has 0 amide bonds. The molecule has 2 aromatic rings. The number of rotatable bonds is 3. The van der Waals surface area contributed by atoms with E-state index < -0.39 is 10.0 Å². The lowest BCUT2D eigenvalue weighted by Gasteiger charge is -2.09. The van der Waals surface area contributed by atoms with Crippen molar-refractivity contribution >= 4 is 37.5 Å². The zero-order chi connectivity index (χ0) is 14.2. The Bertz CT molecular complexity index is 726. The second kappa shape index (κ2) is 4.82. The minimum atomic E-state index is -3.77. The zero-order valence-corrected chi connectivity index (χ0v) is 12.7. The third-order valence-corrected chi connectivity index (χ3v) is 4.23. The summed E-state index contributed by atoms with van der Waals surface area (Å²) in [6.45, 7) is 1.70. The molecular formula is C10H12BrN5O2S. The van der Waals surface area contributed by atoms with Crippen LogP contribution in [0.15, 0.2) is 27.8 Å². The highest BCUT2D eigenvalue weighted by molar-refractivity contribution is 9.10. The topological polar surface area (TPSA) is 103 Å². The Morgan fingerprint density at radius 3 is 2.63 bits per heavy atom. The van der Waals surface area contributed by atoms with Crippen LogP contribution in [0.3, 0.4) is 0 Å².